The Hall–Kier alpha value is -0.470. The molecule has 0 aliphatic heterocycles. The van der Waals surface area contributed by atoms with Crippen molar-refractivity contribution in [1.82, 2.24) is 0 Å². The first-order valence-corrected chi connectivity index (χ1v) is 5.06. The summed E-state index contributed by atoms with van der Waals surface area (Å²) in [6.45, 7) is 4.56. The highest BCUT2D eigenvalue weighted by atomic mass is 79.9. The summed E-state index contributed by atoms with van der Waals surface area (Å²) in [5.41, 5.74) is 1.09. The van der Waals surface area contributed by atoms with Crippen LogP contribution in [0.2, 0.25) is 5.02 Å². The van der Waals surface area contributed by atoms with Gasteiger partial charge in [0.25, 0.3) is 0 Å². The monoisotopic (exact) mass is 259 g/mol. The van der Waals surface area contributed by atoms with Crippen LogP contribution in [0.5, 0.6) is 0 Å². The van der Waals surface area contributed by atoms with Crippen molar-refractivity contribution < 1.29 is 0 Å². The number of halogens is 2. The topological polar surface area (TPSA) is 3.24 Å². The lowest BCUT2D eigenvalue weighted by molar-refractivity contribution is 1.03. The molecule has 0 atom stereocenters. The van der Waals surface area contributed by atoms with Gasteiger partial charge in [0.15, 0.2) is 0 Å². The van der Waals surface area contributed by atoms with Gasteiger partial charge in [0.2, 0.25) is 0 Å². The van der Waals surface area contributed by atoms with E-state index in [9.17, 15) is 0 Å². The maximum Gasteiger partial charge on any atom is 0.0485 e. The molecular weight excluding hydrogens is 249 g/mol. The maximum atomic E-state index is 5.86. The van der Waals surface area contributed by atoms with E-state index < -0.39 is 0 Å². The second kappa shape index (κ2) is 4.68. The molecule has 1 rings (SSSR count). The van der Waals surface area contributed by atoms with Crippen LogP contribution in [0.1, 0.15) is 0 Å². The summed E-state index contributed by atoms with van der Waals surface area (Å²) in [4.78, 5) is 2.07. The number of nitrogens with zero attached hydrogens (tertiary/aromatic N) is 1. The SMILES string of the molecule is C=C(Br)CN(C)c1cccc(Cl)c1. The van der Waals surface area contributed by atoms with E-state index in [1.165, 1.54) is 0 Å². The van der Waals surface area contributed by atoms with Gasteiger partial charge in [-0.05, 0) is 18.2 Å². The third-order valence-corrected chi connectivity index (χ3v) is 2.14. The van der Waals surface area contributed by atoms with Crippen LogP contribution in [0.25, 0.3) is 0 Å². The molecule has 0 aliphatic carbocycles. The number of likely N-dealkylation sites (N-methyl/N-ethyl adjacent to an activating group) is 1. The summed E-state index contributed by atoms with van der Waals surface area (Å²) in [6.07, 6.45) is 0. The van der Waals surface area contributed by atoms with E-state index in [0.717, 1.165) is 21.7 Å². The molecule has 0 aliphatic rings. The van der Waals surface area contributed by atoms with Gasteiger partial charge in [-0.15, -0.1) is 0 Å². The normalized spacial score (nSPS) is 9.77. The number of benzene rings is 1. The van der Waals surface area contributed by atoms with Gasteiger partial charge in [-0.25, -0.2) is 0 Å². The molecule has 0 saturated carbocycles. The highest BCUT2D eigenvalue weighted by Gasteiger charge is 2.00. The molecule has 0 heterocycles. The predicted octanol–water partition coefficient (Wildman–Crippen LogP) is 3.68. The number of hydrogen-bond donors (Lipinski definition) is 0. The Morgan fingerprint density at radius 3 is 2.85 bits per heavy atom. The van der Waals surface area contributed by atoms with E-state index in [4.69, 9.17) is 11.6 Å². The molecule has 1 nitrogen and oxygen atoms in total. The summed E-state index contributed by atoms with van der Waals surface area (Å²) >= 11 is 9.19. The van der Waals surface area contributed by atoms with Gasteiger partial charge in [-0.3, -0.25) is 0 Å². The van der Waals surface area contributed by atoms with Gasteiger partial charge in [-0.2, -0.15) is 0 Å². The summed E-state index contributed by atoms with van der Waals surface area (Å²) < 4.78 is 0.954. The van der Waals surface area contributed by atoms with Crippen LogP contribution < -0.4 is 4.90 Å². The van der Waals surface area contributed by atoms with Crippen LogP contribution in [0.3, 0.4) is 0 Å². The highest BCUT2D eigenvalue weighted by Crippen LogP contribution is 2.19. The van der Waals surface area contributed by atoms with Crippen LogP contribution in [0, 0.1) is 0 Å². The molecule has 1 aromatic carbocycles. The second-order valence-corrected chi connectivity index (χ2v) is 4.41. The van der Waals surface area contributed by atoms with Gasteiger partial charge >= 0.3 is 0 Å². The number of anilines is 1. The minimum Gasteiger partial charge on any atom is -0.370 e. The molecule has 70 valence electrons. The number of rotatable bonds is 3. The van der Waals surface area contributed by atoms with E-state index in [0.29, 0.717) is 0 Å². The summed E-state index contributed by atoms with van der Waals surface area (Å²) in [6, 6.07) is 7.74. The fourth-order valence-electron chi connectivity index (χ4n) is 1.06. The molecule has 0 radical (unpaired) electrons. The van der Waals surface area contributed by atoms with Gasteiger partial charge < -0.3 is 4.90 Å². The molecule has 0 saturated heterocycles. The molecule has 3 heteroatoms. The molecule has 0 unspecified atom stereocenters. The second-order valence-electron chi connectivity index (χ2n) is 2.85. The van der Waals surface area contributed by atoms with Crippen molar-refractivity contribution in [3.63, 3.8) is 0 Å². The van der Waals surface area contributed by atoms with E-state index in [-0.39, 0.29) is 0 Å². The molecule has 0 spiro atoms. The van der Waals surface area contributed by atoms with E-state index >= 15 is 0 Å². The average molecular weight is 261 g/mol. The molecule has 0 bridgehead atoms. The summed E-state index contributed by atoms with van der Waals surface area (Å²) in [5, 5.41) is 0.754. The first-order valence-electron chi connectivity index (χ1n) is 3.89. The average Bonchev–Trinajstić information content (AvgIpc) is 2.03. The zero-order valence-corrected chi connectivity index (χ0v) is 9.77. The van der Waals surface area contributed by atoms with Crippen molar-refractivity contribution in [1.29, 1.82) is 0 Å². The smallest absolute Gasteiger partial charge is 0.0485 e. The summed E-state index contributed by atoms with van der Waals surface area (Å²) in [7, 11) is 2.00. The van der Waals surface area contributed by atoms with Crippen LogP contribution in [-0.2, 0) is 0 Å². The van der Waals surface area contributed by atoms with Crippen molar-refractivity contribution in [2.45, 2.75) is 0 Å². The van der Waals surface area contributed by atoms with E-state index in [1.807, 2.05) is 31.3 Å². The molecule has 13 heavy (non-hydrogen) atoms. The predicted molar refractivity (Wildman–Crippen MR) is 62.8 cm³/mol. The van der Waals surface area contributed by atoms with Gasteiger partial charge in [-0.1, -0.05) is 40.2 Å². The Morgan fingerprint density at radius 2 is 2.31 bits per heavy atom. The first-order chi connectivity index (χ1) is 6.09. The third-order valence-electron chi connectivity index (χ3n) is 1.66. The number of hydrogen-bond acceptors (Lipinski definition) is 1. The highest BCUT2D eigenvalue weighted by molar-refractivity contribution is 9.11. The quantitative estimate of drug-likeness (QED) is 0.801. The molecule has 0 aromatic heterocycles. The van der Waals surface area contributed by atoms with Crippen LogP contribution in [0.15, 0.2) is 35.3 Å². The fourth-order valence-corrected chi connectivity index (χ4v) is 1.62. The van der Waals surface area contributed by atoms with Crippen LogP contribution >= 0.6 is 27.5 Å². The van der Waals surface area contributed by atoms with Crippen molar-refractivity contribution in [2.24, 2.45) is 0 Å². The molecule has 0 amide bonds. The Morgan fingerprint density at radius 1 is 1.62 bits per heavy atom. The largest absolute Gasteiger partial charge is 0.370 e. The molecular formula is C10H11BrClN. The zero-order chi connectivity index (χ0) is 9.84. The van der Waals surface area contributed by atoms with Crippen molar-refractivity contribution in [3.8, 4) is 0 Å². The van der Waals surface area contributed by atoms with E-state index in [1.54, 1.807) is 0 Å². The lowest BCUT2D eigenvalue weighted by atomic mass is 10.3. The van der Waals surface area contributed by atoms with Crippen LogP contribution in [-0.4, -0.2) is 13.6 Å². The Labute approximate surface area is 92.1 Å². The van der Waals surface area contributed by atoms with Crippen molar-refractivity contribution in [2.75, 3.05) is 18.5 Å². The van der Waals surface area contributed by atoms with Crippen molar-refractivity contribution in [3.05, 3.63) is 40.3 Å². The molecule has 0 N–H and O–H groups in total. The Kier molecular flexibility index (Phi) is 3.82. The van der Waals surface area contributed by atoms with Gasteiger partial charge in [0, 0.05) is 28.8 Å². The maximum absolute atomic E-state index is 5.86. The zero-order valence-electron chi connectivity index (χ0n) is 7.43. The fraction of sp³-hybridized carbons (Fsp3) is 0.200. The Bertz CT molecular complexity index is 312. The minimum atomic E-state index is 0.754. The summed E-state index contributed by atoms with van der Waals surface area (Å²) in [5.74, 6) is 0. The van der Waals surface area contributed by atoms with Gasteiger partial charge in [0.1, 0.15) is 0 Å². The lowest BCUT2D eigenvalue weighted by Gasteiger charge is -2.18. The van der Waals surface area contributed by atoms with Crippen molar-refractivity contribution >= 4 is 33.2 Å². The minimum absolute atomic E-state index is 0.754. The first kappa shape index (κ1) is 10.6. The van der Waals surface area contributed by atoms with Gasteiger partial charge in [0.05, 0.1) is 0 Å². The lowest BCUT2D eigenvalue weighted by Crippen LogP contribution is -2.17. The van der Waals surface area contributed by atoms with Crippen LogP contribution in [0.4, 0.5) is 5.69 Å². The third kappa shape index (κ3) is 3.41. The Balaban J connectivity index is 2.76. The molecule has 0 fully saturated rings. The molecule has 1 aromatic rings. The van der Waals surface area contributed by atoms with E-state index in [2.05, 4.69) is 27.4 Å². The standard InChI is InChI=1S/C10H11BrClN/c1-8(11)7-13(2)10-5-3-4-9(12)6-10/h3-6H,1,7H2,2H3.